The first kappa shape index (κ1) is 18.9. The third kappa shape index (κ3) is 4.70. The van der Waals surface area contributed by atoms with Crippen LogP contribution in [0.2, 0.25) is 0 Å². The Morgan fingerprint density at radius 2 is 1.57 bits per heavy atom. The number of ether oxygens (including phenoxy) is 1. The molecule has 1 saturated heterocycles. The quantitative estimate of drug-likeness (QED) is 0.548. The van der Waals surface area contributed by atoms with Gasteiger partial charge < -0.3 is 4.74 Å². The molecule has 0 radical (unpaired) electrons. The third-order valence-electron chi connectivity index (χ3n) is 5.31. The average molecular weight is 392 g/mol. The highest BCUT2D eigenvalue weighted by Crippen LogP contribution is 2.28. The molecule has 0 saturated carbocycles. The predicted molar refractivity (Wildman–Crippen MR) is 113 cm³/mol. The molecule has 4 heteroatoms. The van der Waals surface area contributed by atoms with E-state index in [1.165, 1.54) is 5.56 Å². The molecule has 3 nitrogen and oxygen atoms in total. The van der Waals surface area contributed by atoms with Crippen LogP contribution in [-0.4, -0.2) is 30.1 Å². The molecule has 2 aromatic carbocycles. The maximum Gasteiger partial charge on any atom is 0.318 e. The Labute approximate surface area is 170 Å². The van der Waals surface area contributed by atoms with Crippen molar-refractivity contribution in [3.05, 3.63) is 94.2 Å². The van der Waals surface area contributed by atoms with E-state index >= 15 is 0 Å². The molecule has 3 aromatic rings. The van der Waals surface area contributed by atoms with Crippen molar-refractivity contribution in [1.82, 2.24) is 4.90 Å². The van der Waals surface area contributed by atoms with Crippen molar-refractivity contribution in [2.24, 2.45) is 0 Å². The summed E-state index contributed by atoms with van der Waals surface area (Å²) in [5.74, 6) is -0.514. The van der Waals surface area contributed by atoms with E-state index in [-0.39, 0.29) is 18.0 Å². The number of rotatable bonds is 6. The molecule has 4 rings (SSSR count). The zero-order chi connectivity index (χ0) is 19.2. The summed E-state index contributed by atoms with van der Waals surface area (Å²) in [5.41, 5.74) is 3.33. The summed E-state index contributed by atoms with van der Waals surface area (Å²) in [6.45, 7) is 2.92. The van der Waals surface area contributed by atoms with Gasteiger partial charge in [-0.2, -0.15) is 11.3 Å². The second-order valence-corrected chi connectivity index (χ2v) is 8.08. The Morgan fingerprint density at radius 3 is 2.11 bits per heavy atom. The van der Waals surface area contributed by atoms with Gasteiger partial charge in [-0.1, -0.05) is 60.7 Å². The van der Waals surface area contributed by atoms with Crippen LogP contribution < -0.4 is 0 Å². The molecule has 0 N–H and O–H groups in total. The van der Waals surface area contributed by atoms with Gasteiger partial charge in [-0.3, -0.25) is 9.69 Å². The van der Waals surface area contributed by atoms with E-state index in [1.807, 2.05) is 60.7 Å². The number of benzene rings is 2. The molecule has 0 unspecified atom stereocenters. The zero-order valence-corrected chi connectivity index (χ0v) is 16.7. The highest BCUT2D eigenvalue weighted by atomic mass is 32.1. The van der Waals surface area contributed by atoms with Crippen molar-refractivity contribution in [3.8, 4) is 0 Å². The molecule has 144 valence electrons. The maximum atomic E-state index is 13.1. The Bertz CT molecular complexity index is 817. The average Bonchev–Trinajstić information content (AvgIpc) is 3.24. The highest BCUT2D eigenvalue weighted by Gasteiger charge is 2.28. The Kier molecular flexibility index (Phi) is 6.20. The van der Waals surface area contributed by atoms with Gasteiger partial charge >= 0.3 is 5.97 Å². The molecule has 0 amide bonds. The van der Waals surface area contributed by atoms with Crippen LogP contribution in [-0.2, 0) is 16.1 Å². The van der Waals surface area contributed by atoms with Crippen LogP contribution in [0.5, 0.6) is 0 Å². The van der Waals surface area contributed by atoms with Gasteiger partial charge in [0.1, 0.15) is 12.0 Å². The van der Waals surface area contributed by atoms with Crippen molar-refractivity contribution in [1.29, 1.82) is 0 Å². The normalized spacial score (nSPS) is 15.6. The van der Waals surface area contributed by atoms with Gasteiger partial charge in [0.15, 0.2) is 0 Å². The molecule has 1 aromatic heterocycles. The van der Waals surface area contributed by atoms with E-state index in [2.05, 4.69) is 21.7 Å². The van der Waals surface area contributed by atoms with E-state index in [1.54, 1.807) is 11.3 Å². The third-order valence-corrected chi connectivity index (χ3v) is 6.04. The molecule has 1 aliphatic rings. The van der Waals surface area contributed by atoms with Crippen molar-refractivity contribution in [2.75, 3.05) is 13.1 Å². The van der Waals surface area contributed by atoms with Gasteiger partial charge in [-0.05, 0) is 46.4 Å². The lowest BCUT2D eigenvalue weighted by atomic mass is 9.91. The lowest BCUT2D eigenvalue weighted by Gasteiger charge is -2.32. The van der Waals surface area contributed by atoms with Crippen molar-refractivity contribution < 1.29 is 9.53 Å². The van der Waals surface area contributed by atoms with Crippen LogP contribution in [0.25, 0.3) is 0 Å². The standard InChI is InChI=1S/C24H25NO2S/c26-24(23(20-7-3-1-4-8-20)21-9-5-2-6-10-21)27-22-11-14-25(15-12-22)17-19-13-16-28-18-19/h1-10,13,16,18,22-23H,11-12,14-15,17H2. The van der Waals surface area contributed by atoms with Gasteiger partial charge in [-0.25, -0.2) is 0 Å². The largest absolute Gasteiger partial charge is 0.462 e. The number of hydrogen-bond acceptors (Lipinski definition) is 4. The SMILES string of the molecule is O=C(OC1CCN(Cc2ccsc2)CC1)C(c1ccccc1)c1ccccc1. The second-order valence-electron chi connectivity index (χ2n) is 7.30. The zero-order valence-electron chi connectivity index (χ0n) is 15.9. The highest BCUT2D eigenvalue weighted by molar-refractivity contribution is 7.07. The van der Waals surface area contributed by atoms with Crippen LogP contribution in [0.4, 0.5) is 0 Å². The Balaban J connectivity index is 1.40. The number of hydrogen-bond donors (Lipinski definition) is 0. The van der Waals surface area contributed by atoms with Gasteiger partial charge in [0.2, 0.25) is 0 Å². The number of nitrogens with zero attached hydrogens (tertiary/aromatic N) is 1. The second kappa shape index (κ2) is 9.18. The Hall–Kier alpha value is -2.43. The van der Waals surface area contributed by atoms with E-state index in [0.29, 0.717) is 0 Å². The summed E-state index contributed by atoms with van der Waals surface area (Å²) >= 11 is 1.74. The minimum atomic E-state index is -0.369. The molecular formula is C24H25NO2S. The van der Waals surface area contributed by atoms with Crippen LogP contribution in [0.1, 0.15) is 35.4 Å². The molecule has 2 heterocycles. The predicted octanol–water partition coefficient (Wildman–Crippen LogP) is 5.09. The van der Waals surface area contributed by atoms with Crippen LogP contribution >= 0.6 is 11.3 Å². The summed E-state index contributed by atoms with van der Waals surface area (Å²) in [7, 11) is 0. The summed E-state index contributed by atoms with van der Waals surface area (Å²) in [6.07, 6.45) is 1.79. The maximum absolute atomic E-state index is 13.1. The number of carbonyl (C=O) groups is 1. The lowest BCUT2D eigenvalue weighted by Crippen LogP contribution is -2.38. The molecule has 0 bridgehead atoms. The summed E-state index contributed by atoms with van der Waals surface area (Å²) in [5, 5.41) is 4.33. The lowest BCUT2D eigenvalue weighted by molar-refractivity contribution is -0.152. The molecule has 1 fully saturated rings. The monoisotopic (exact) mass is 391 g/mol. The number of piperidine rings is 1. The fraction of sp³-hybridized carbons (Fsp3) is 0.292. The summed E-state index contributed by atoms with van der Waals surface area (Å²) in [6, 6.07) is 22.0. The van der Waals surface area contributed by atoms with Crippen molar-refractivity contribution >= 4 is 17.3 Å². The first-order valence-electron chi connectivity index (χ1n) is 9.83. The van der Waals surface area contributed by atoms with Crippen molar-refractivity contribution in [2.45, 2.75) is 31.4 Å². The van der Waals surface area contributed by atoms with Gasteiger partial charge in [-0.15, -0.1) is 0 Å². The first-order valence-corrected chi connectivity index (χ1v) is 10.8. The van der Waals surface area contributed by atoms with Gasteiger partial charge in [0.25, 0.3) is 0 Å². The van der Waals surface area contributed by atoms with E-state index < -0.39 is 0 Å². The number of likely N-dealkylation sites (tertiary alicyclic amines) is 1. The van der Waals surface area contributed by atoms with Crippen molar-refractivity contribution in [3.63, 3.8) is 0 Å². The number of thiophene rings is 1. The first-order chi connectivity index (χ1) is 13.8. The fourth-order valence-corrected chi connectivity index (χ4v) is 4.47. The molecule has 28 heavy (non-hydrogen) atoms. The van der Waals surface area contributed by atoms with E-state index in [4.69, 9.17) is 4.74 Å². The molecule has 0 spiro atoms. The summed E-state index contributed by atoms with van der Waals surface area (Å²) < 4.78 is 5.98. The van der Waals surface area contributed by atoms with Crippen LogP contribution in [0, 0.1) is 0 Å². The molecule has 0 aliphatic carbocycles. The fourth-order valence-electron chi connectivity index (χ4n) is 3.81. The van der Waals surface area contributed by atoms with Gasteiger partial charge in [0.05, 0.1) is 0 Å². The van der Waals surface area contributed by atoms with Crippen LogP contribution in [0.3, 0.4) is 0 Å². The van der Waals surface area contributed by atoms with E-state index in [9.17, 15) is 4.79 Å². The number of esters is 1. The smallest absolute Gasteiger partial charge is 0.318 e. The summed E-state index contributed by atoms with van der Waals surface area (Å²) in [4.78, 5) is 15.6. The van der Waals surface area contributed by atoms with Gasteiger partial charge in [0, 0.05) is 19.6 Å². The number of carbonyl (C=O) groups excluding carboxylic acids is 1. The topological polar surface area (TPSA) is 29.5 Å². The van der Waals surface area contributed by atoms with Crippen LogP contribution in [0.15, 0.2) is 77.5 Å². The molecule has 0 atom stereocenters. The molecule has 1 aliphatic heterocycles. The molecular weight excluding hydrogens is 366 g/mol. The Morgan fingerprint density at radius 1 is 0.964 bits per heavy atom. The van der Waals surface area contributed by atoms with E-state index in [0.717, 1.165) is 43.6 Å². The minimum Gasteiger partial charge on any atom is -0.462 e. The minimum absolute atomic E-state index is 0.00106.